The van der Waals surface area contributed by atoms with E-state index in [1.165, 1.54) is 141 Å². The largest absolute Gasteiger partial charge is 0.391 e. The highest BCUT2D eigenvalue weighted by molar-refractivity contribution is 7.85. The Kier molecular flexibility index (Phi) is 30.8. The molecule has 0 saturated carbocycles. The fourth-order valence-electron chi connectivity index (χ4n) is 5.98. The van der Waals surface area contributed by atoms with Crippen LogP contribution in [-0.4, -0.2) is 41.9 Å². The monoisotopic (exact) mass is 632 g/mol. The summed E-state index contributed by atoms with van der Waals surface area (Å²) >= 11 is 0. The number of amides is 1. The van der Waals surface area contributed by atoms with E-state index in [0.717, 1.165) is 38.5 Å². The van der Waals surface area contributed by atoms with E-state index in [9.17, 15) is 22.9 Å². The molecule has 3 N–H and O–H groups in total. The molecule has 43 heavy (non-hydrogen) atoms. The number of hydrogen-bond acceptors (Lipinski definition) is 4. The molecule has 0 aliphatic carbocycles. The van der Waals surface area contributed by atoms with Crippen LogP contribution in [0.5, 0.6) is 0 Å². The van der Waals surface area contributed by atoms with Gasteiger partial charge in [0.05, 0.1) is 17.9 Å². The van der Waals surface area contributed by atoms with E-state index in [1.54, 1.807) is 0 Å². The molecular weight excluding hydrogens is 558 g/mol. The number of carbonyl (C=O) groups is 1. The van der Waals surface area contributed by atoms with Crippen molar-refractivity contribution in [2.45, 2.75) is 219 Å². The van der Waals surface area contributed by atoms with Gasteiger partial charge in [0, 0.05) is 6.42 Å². The molecule has 0 fully saturated rings. The summed E-state index contributed by atoms with van der Waals surface area (Å²) < 4.78 is 32.3. The van der Waals surface area contributed by atoms with Gasteiger partial charge >= 0.3 is 0 Å². The minimum absolute atomic E-state index is 0.250. The number of hydrogen-bond donors (Lipinski definition) is 3. The molecule has 0 aliphatic rings. The highest BCUT2D eigenvalue weighted by Crippen LogP contribution is 2.16. The van der Waals surface area contributed by atoms with Crippen LogP contribution in [0.15, 0.2) is 0 Å². The van der Waals surface area contributed by atoms with Crippen LogP contribution in [0.25, 0.3) is 0 Å². The molecule has 2 unspecified atom stereocenters. The van der Waals surface area contributed by atoms with E-state index in [-0.39, 0.29) is 5.91 Å². The molecule has 1 amide bonds. The van der Waals surface area contributed by atoms with E-state index in [1.807, 2.05) is 0 Å². The normalized spacial score (nSPS) is 13.3. The lowest BCUT2D eigenvalue weighted by atomic mass is 10.0. The molecule has 0 aromatic heterocycles. The second-order valence-electron chi connectivity index (χ2n) is 13.2. The zero-order valence-corrected chi connectivity index (χ0v) is 29.4. The Balaban J connectivity index is 3.73. The molecule has 0 aromatic carbocycles. The average Bonchev–Trinajstić information content (AvgIpc) is 2.96. The van der Waals surface area contributed by atoms with Crippen molar-refractivity contribution in [2.24, 2.45) is 0 Å². The van der Waals surface area contributed by atoms with Gasteiger partial charge in [-0.15, -0.1) is 0 Å². The summed E-state index contributed by atoms with van der Waals surface area (Å²) in [6.45, 7) is 4.46. The predicted octanol–water partition coefficient (Wildman–Crippen LogP) is 10.5. The molecule has 258 valence electrons. The molecule has 0 rings (SSSR count). The first-order chi connectivity index (χ1) is 20.8. The van der Waals surface area contributed by atoms with Gasteiger partial charge in [0.15, 0.2) is 0 Å². The molecule has 0 bridgehead atoms. The van der Waals surface area contributed by atoms with Gasteiger partial charge < -0.3 is 10.4 Å². The third kappa shape index (κ3) is 32.5. The van der Waals surface area contributed by atoms with Gasteiger partial charge in [-0.25, -0.2) is 0 Å². The third-order valence-electron chi connectivity index (χ3n) is 8.81. The van der Waals surface area contributed by atoms with Gasteiger partial charge in [-0.2, -0.15) is 8.42 Å². The van der Waals surface area contributed by atoms with Gasteiger partial charge in [0.1, 0.15) is 0 Å². The maximum absolute atomic E-state index is 12.3. The highest BCUT2D eigenvalue weighted by atomic mass is 32.2. The Morgan fingerprint density at radius 3 is 1.16 bits per heavy atom. The molecule has 0 heterocycles. The highest BCUT2D eigenvalue weighted by Gasteiger charge is 2.26. The van der Waals surface area contributed by atoms with Gasteiger partial charge in [0.25, 0.3) is 10.1 Å². The van der Waals surface area contributed by atoms with Gasteiger partial charge in [-0.3, -0.25) is 9.35 Å². The van der Waals surface area contributed by atoms with E-state index in [0.29, 0.717) is 12.8 Å². The molecule has 0 aromatic rings. The summed E-state index contributed by atoms with van der Waals surface area (Å²) in [5.41, 5.74) is 0. The van der Waals surface area contributed by atoms with Crippen molar-refractivity contribution in [1.82, 2.24) is 5.32 Å². The van der Waals surface area contributed by atoms with Crippen molar-refractivity contribution in [3.63, 3.8) is 0 Å². The lowest BCUT2D eigenvalue weighted by Crippen LogP contribution is -2.47. The molecule has 7 heteroatoms. The summed E-state index contributed by atoms with van der Waals surface area (Å²) in [5.74, 6) is -0.893. The van der Waals surface area contributed by atoms with Crippen LogP contribution in [0.2, 0.25) is 0 Å². The SMILES string of the molecule is CCCCCCCCCCCCCCCCCCCCCCCC(O)C(CS(=O)(=O)O)NC(=O)CCCCCCCCC. The molecule has 0 radical (unpaired) electrons. The minimum atomic E-state index is -4.29. The van der Waals surface area contributed by atoms with Crippen LogP contribution in [0.1, 0.15) is 206 Å². The zero-order chi connectivity index (χ0) is 31.9. The number of nitrogens with one attached hydrogen (secondary N) is 1. The van der Waals surface area contributed by atoms with Crippen molar-refractivity contribution >= 4 is 16.0 Å². The van der Waals surface area contributed by atoms with Crippen LogP contribution in [0.3, 0.4) is 0 Å². The Morgan fingerprint density at radius 1 is 0.535 bits per heavy atom. The fraction of sp³-hybridized carbons (Fsp3) is 0.972. The first kappa shape index (κ1) is 42.3. The number of aliphatic hydroxyl groups excluding tert-OH is 1. The topological polar surface area (TPSA) is 104 Å². The Morgan fingerprint density at radius 2 is 0.837 bits per heavy atom. The second kappa shape index (κ2) is 31.3. The third-order valence-corrected chi connectivity index (χ3v) is 9.59. The summed E-state index contributed by atoms with van der Waals surface area (Å²) in [6, 6.07) is -0.961. The maximum atomic E-state index is 12.3. The Labute approximate surface area is 268 Å². The lowest BCUT2D eigenvalue weighted by Gasteiger charge is -2.23. The van der Waals surface area contributed by atoms with Crippen LogP contribution < -0.4 is 5.32 Å². The van der Waals surface area contributed by atoms with Crippen molar-refractivity contribution in [2.75, 3.05) is 5.75 Å². The average molecular weight is 632 g/mol. The zero-order valence-electron chi connectivity index (χ0n) is 28.6. The molecular formula is C36H73NO5S. The van der Waals surface area contributed by atoms with Gasteiger partial charge in [0.2, 0.25) is 5.91 Å². The molecule has 0 spiro atoms. The van der Waals surface area contributed by atoms with Crippen LogP contribution in [-0.2, 0) is 14.9 Å². The summed E-state index contributed by atoms with van der Waals surface area (Å²) in [6.07, 6.45) is 35.1. The first-order valence-corrected chi connectivity index (χ1v) is 20.3. The first-order valence-electron chi connectivity index (χ1n) is 18.7. The van der Waals surface area contributed by atoms with Crippen molar-refractivity contribution in [3.05, 3.63) is 0 Å². The second-order valence-corrected chi connectivity index (χ2v) is 14.7. The number of rotatable bonds is 34. The standard InChI is InChI=1S/C36H73NO5S/c1-3-5-7-9-11-12-13-14-15-16-17-18-19-20-21-22-23-24-26-27-29-31-35(38)34(33-43(40,41)42)37-36(39)32-30-28-25-10-8-6-4-2/h34-35,38H,3-33H2,1-2H3,(H,37,39)(H,40,41,42). The van der Waals surface area contributed by atoms with Gasteiger partial charge in [-0.05, 0) is 12.8 Å². The van der Waals surface area contributed by atoms with E-state index >= 15 is 0 Å². The Bertz CT molecular complexity index is 700. The fourth-order valence-corrected chi connectivity index (χ4v) is 6.74. The van der Waals surface area contributed by atoms with Crippen LogP contribution in [0.4, 0.5) is 0 Å². The Hall–Kier alpha value is -0.660. The minimum Gasteiger partial charge on any atom is -0.391 e. The molecule has 0 aliphatic heterocycles. The van der Waals surface area contributed by atoms with Gasteiger partial charge in [-0.1, -0.05) is 187 Å². The van der Waals surface area contributed by atoms with Crippen molar-refractivity contribution in [3.8, 4) is 0 Å². The maximum Gasteiger partial charge on any atom is 0.266 e. The van der Waals surface area contributed by atoms with Crippen molar-refractivity contribution < 1.29 is 22.9 Å². The number of unbranched alkanes of at least 4 members (excludes halogenated alkanes) is 26. The summed E-state index contributed by atoms with van der Waals surface area (Å²) in [5, 5.41) is 13.3. The van der Waals surface area contributed by atoms with Crippen molar-refractivity contribution in [1.29, 1.82) is 0 Å². The number of aliphatic hydroxyl groups is 1. The van der Waals surface area contributed by atoms with E-state index in [2.05, 4.69) is 19.2 Å². The molecule has 0 saturated heterocycles. The smallest absolute Gasteiger partial charge is 0.266 e. The summed E-state index contributed by atoms with van der Waals surface area (Å²) in [7, 11) is -4.29. The molecule has 6 nitrogen and oxygen atoms in total. The van der Waals surface area contributed by atoms with Crippen LogP contribution in [0, 0.1) is 0 Å². The number of carbonyl (C=O) groups excluding carboxylic acids is 1. The van der Waals surface area contributed by atoms with E-state index < -0.39 is 28.0 Å². The lowest BCUT2D eigenvalue weighted by molar-refractivity contribution is -0.122. The quantitative estimate of drug-likeness (QED) is 0.0484. The van der Waals surface area contributed by atoms with Crippen LogP contribution >= 0.6 is 0 Å². The molecule has 2 atom stereocenters. The summed E-state index contributed by atoms with van der Waals surface area (Å²) in [4.78, 5) is 12.3. The predicted molar refractivity (Wildman–Crippen MR) is 184 cm³/mol. The van der Waals surface area contributed by atoms with E-state index in [4.69, 9.17) is 0 Å².